The second-order valence-electron chi connectivity index (χ2n) is 4.10. The maximum absolute atomic E-state index is 5.61. The Morgan fingerprint density at radius 1 is 1.11 bits per heavy atom. The Morgan fingerprint density at radius 2 is 2.00 bits per heavy atom. The predicted octanol–water partition coefficient (Wildman–Crippen LogP) is 2.50. The standard InChI is InChI=1S/C14H13N3O2/c15-8-7-10-4-1-2-5-11(10)14-16-13(17-19-14)12-6-3-9-18-12/h1-6,9H,7-8,15H2. The smallest absolute Gasteiger partial charge is 0.258 e. The average molecular weight is 255 g/mol. The van der Waals surface area contributed by atoms with E-state index in [1.165, 1.54) is 0 Å². The first kappa shape index (κ1) is 11.7. The maximum atomic E-state index is 5.61. The van der Waals surface area contributed by atoms with Crippen LogP contribution < -0.4 is 5.73 Å². The van der Waals surface area contributed by atoms with E-state index in [4.69, 9.17) is 14.7 Å². The van der Waals surface area contributed by atoms with E-state index in [0.29, 0.717) is 24.0 Å². The van der Waals surface area contributed by atoms with Crippen LogP contribution in [0.2, 0.25) is 0 Å². The number of benzene rings is 1. The summed E-state index contributed by atoms with van der Waals surface area (Å²) in [4.78, 5) is 4.35. The summed E-state index contributed by atoms with van der Waals surface area (Å²) in [6, 6.07) is 11.4. The van der Waals surface area contributed by atoms with Crippen LogP contribution in [0.3, 0.4) is 0 Å². The molecule has 1 aromatic carbocycles. The lowest BCUT2D eigenvalue weighted by atomic mass is 10.0. The number of nitrogens with zero attached hydrogens (tertiary/aromatic N) is 2. The number of aromatic nitrogens is 2. The van der Waals surface area contributed by atoms with Crippen molar-refractivity contribution in [1.29, 1.82) is 0 Å². The minimum absolute atomic E-state index is 0.447. The Morgan fingerprint density at radius 3 is 2.79 bits per heavy atom. The van der Waals surface area contributed by atoms with Crippen molar-refractivity contribution in [2.75, 3.05) is 6.54 Å². The third-order valence-corrected chi connectivity index (χ3v) is 2.83. The van der Waals surface area contributed by atoms with Gasteiger partial charge in [0.15, 0.2) is 5.76 Å². The fourth-order valence-corrected chi connectivity index (χ4v) is 1.94. The van der Waals surface area contributed by atoms with Gasteiger partial charge in [0.25, 0.3) is 5.89 Å². The Balaban J connectivity index is 1.99. The number of hydrogen-bond donors (Lipinski definition) is 1. The molecular weight excluding hydrogens is 242 g/mol. The van der Waals surface area contributed by atoms with Crippen LogP contribution in [0.1, 0.15) is 5.56 Å². The zero-order chi connectivity index (χ0) is 13.1. The van der Waals surface area contributed by atoms with Gasteiger partial charge in [-0.2, -0.15) is 4.98 Å². The van der Waals surface area contributed by atoms with E-state index in [1.807, 2.05) is 24.3 Å². The highest BCUT2D eigenvalue weighted by Gasteiger charge is 2.14. The first-order chi connectivity index (χ1) is 9.38. The minimum Gasteiger partial charge on any atom is -0.461 e. The van der Waals surface area contributed by atoms with E-state index in [-0.39, 0.29) is 0 Å². The van der Waals surface area contributed by atoms with Crippen LogP contribution in [0.4, 0.5) is 0 Å². The van der Waals surface area contributed by atoms with Crippen LogP contribution >= 0.6 is 0 Å². The number of rotatable bonds is 4. The van der Waals surface area contributed by atoms with E-state index in [1.54, 1.807) is 18.4 Å². The lowest BCUT2D eigenvalue weighted by Gasteiger charge is -2.03. The van der Waals surface area contributed by atoms with Gasteiger partial charge >= 0.3 is 0 Å². The molecular formula is C14H13N3O2. The molecule has 0 aliphatic heterocycles. The SMILES string of the molecule is NCCc1ccccc1-c1nc(-c2ccco2)no1. The highest BCUT2D eigenvalue weighted by atomic mass is 16.5. The maximum Gasteiger partial charge on any atom is 0.258 e. The fourth-order valence-electron chi connectivity index (χ4n) is 1.94. The summed E-state index contributed by atoms with van der Waals surface area (Å²) in [6.45, 7) is 0.580. The Bertz CT molecular complexity index is 659. The van der Waals surface area contributed by atoms with Gasteiger partial charge in [-0.1, -0.05) is 23.4 Å². The van der Waals surface area contributed by atoms with Gasteiger partial charge in [0.1, 0.15) is 0 Å². The van der Waals surface area contributed by atoms with Crippen LogP contribution in [0.25, 0.3) is 23.0 Å². The molecule has 2 aromatic heterocycles. The Labute approximate surface area is 110 Å². The van der Waals surface area contributed by atoms with Crippen LogP contribution in [-0.4, -0.2) is 16.7 Å². The quantitative estimate of drug-likeness (QED) is 0.774. The summed E-state index contributed by atoms with van der Waals surface area (Å²) in [5.74, 6) is 1.52. The molecule has 0 fully saturated rings. The monoisotopic (exact) mass is 255 g/mol. The van der Waals surface area contributed by atoms with Crippen molar-refractivity contribution < 1.29 is 8.94 Å². The van der Waals surface area contributed by atoms with E-state index in [2.05, 4.69) is 10.1 Å². The molecule has 5 heteroatoms. The van der Waals surface area contributed by atoms with Crippen molar-refractivity contribution in [3.8, 4) is 23.0 Å². The van der Waals surface area contributed by atoms with Crippen molar-refractivity contribution >= 4 is 0 Å². The molecule has 0 amide bonds. The van der Waals surface area contributed by atoms with E-state index < -0.39 is 0 Å². The van der Waals surface area contributed by atoms with Crippen LogP contribution in [0, 0.1) is 0 Å². The van der Waals surface area contributed by atoms with Gasteiger partial charge in [0.2, 0.25) is 5.82 Å². The molecule has 0 spiro atoms. The van der Waals surface area contributed by atoms with Gasteiger partial charge in [-0.25, -0.2) is 0 Å². The molecule has 96 valence electrons. The number of nitrogens with two attached hydrogens (primary N) is 1. The lowest BCUT2D eigenvalue weighted by molar-refractivity contribution is 0.429. The predicted molar refractivity (Wildman–Crippen MR) is 70.2 cm³/mol. The van der Waals surface area contributed by atoms with Gasteiger partial charge in [-0.05, 0) is 36.7 Å². The first-order valence-corrected chi connectivity index (χ1v) is 6.04. The molecule has 2 N–H and O–H groups in total. The van der Waals surface area contributed by atoms with Gasteiger partial charge in [0, 0.05) is 5.56 Å². The van der Waals surface area contributed by atoms with Gasteiger partial charge in [0.05, 0.1) is 6.26 Å². The second-order valence-corrected chi connectivity index (χ2v) is 4.10. The second kappa shape index (κ2) is 5.07. The summed E-state index contributed by atoms with van der Waals surface area (Å²) in [7, 11) is 0. The van der Waals surface area contributed by atoms with Crippen molar-refractivity contribution in [2.24, 2.45) is 5.73 Å². The third kappa shape index (κ3) is 2.28. The Kier molecular flexibility index (Phi) is 3.12. The Hall–Kier alpha value is -2.40. The van der Waals surface area contributed by atoms with Crippen LogP contribution in [-0.2, 0) is 6.42 Å². The fraction of sp³-hybridized carbons (Fsp3) is 0.143. The van der Waals surface area contributed by atoms with Gasteiger partial charge in [-0.15, -0.1) is 0 Å². The molecule has 0 aliphatic carbocycles. The van der Waals surface area contributed by atoms with Crippen LogP contribution in [0.5, 0.6) is 0 Å². The molecule has 3 rings (SSSR count). The molecule has 0 unspecified atom stereocenters. The van der Waals surface area contributed by atoms with E-state index in [0.717, 1.165) is 17.5 Å². The van der Waals surface area contributed by atoms with Gasteiger partial charge in [-0.3, -0.25) is 0 Å². The first-order valence-electron chi connectivity index (χ1n) is 6.04. The third-order valence-electron chi connectivity index (χ3n) is 2.83. The van der Waals surface area contributed by atoms with Crippen molar-refractivity contribution in [2.45, 2.75) is 6.42 Å². The number of furan rings is 1. The summed E-state index contributed by atoms with van der Waals surface area (Å²) in [6.07, 6.45) is 2.35. The molecule has 0 saturated heterocycles. The van der Waals surface area contributed by atoms with Crippen LogP contribution in [0.15, 0.2) is 51.6 Å². The van der Waals surface area contributed by atoms with Crippen molar-refractivity contribution in [1.82, 2.24) is 10.1 Å². The lowest BCUT2D eigenvalue weighted by Crippen LogP contribution is -2.03. The van der Waals surface area contributed by atoms with Crippen molar-refractivity contribution in [3.63, 3.8) is 0 Å². The number of hydrogen-bond acceptors (Lipinski definition) is 5. The highest BCUT2D eigenvalue weighted by Crippen LogP contribution is 2.25. The van der Waals surface area contributed by atoms with E-state index in [9.17, 15) is 0 Å². The largest absolute Gasteiger partial charge is 0.461 e. The molecule has 0 radical (unpaired) electrons. The molecule has 3 aromatic rings. The van der Waals surface area contributed by atoms with E-state index >= 15 is 0 Å². The zero-order valence-electron chi connectivity index (χ0n) is 10.2. The molecule has 0 aliphatic rings. The molecule has 2 heterocycles. The minimum atomic E-state index is 0.447. The molecule has 0 bridgehead atoms. The van der Waals surface area contributed by atoms with Gasteiger partial charge < -0.3 is 14.7 Å². The molecule has 19 heavy (non-hydrogen) atoms. The molecule has 0 atom stereocenters. The summed E-state index contributed by atoms with van der Waals surface area (Å²) >= 11 is 0. The molecule has 5 nitrogen and oxygen atoms in total. The topological polar surface area (TPSA) is 78.1 Å². The summed E-state index contributed by atoms with van der Waals surface area (Å²) in [5, 5.41) is 3.93. The average Bonchev–Trinajstić information content (AvgIpc) is 3.11. The summed E-state index contributed by atoms with van der Waals surface area (Å²) in [5.41, 5.74) is 7.62. The zero-order valence-corrected chi connectivity index (χ0v) is 10.2. The van der Waals surface area contributed by atoms with Crippen molar-refractivity contribution in [3.05, 3.63) is 48.2 Å². The highest BCUT2D eigenvalue weighted by molar-refractivity contribution is 5.60. The normalized spacial score (nSPS) is 10.8. The molecule has 0 saturated carbocycles. The summed E-state index contributed by atoms with van der Waals surface area (Å²) < 4.78 is 10.5.